The number of azo groups is 1. The average Bonchev–Trinajstić information content (AvgIpc) is 2.88. The fraction of sp³-hybridized carbons (Fsp3) is 0. The summed E-state index contributed by atoms with van der Waals surface area (Å²) in [5, 5.41) is 39.6. The van der Waals surface area contributed by atoms with Crippen molar-refractivity contribution in [3.05, 3.63) is 62.7 Å². The van der Waals surface area contributed by atoms with Gasteiger partial charge in [-0.2, -0.15) is 0 Å². The Kier molecular flexibility index (Phi) is 3.62. The van der Waals surface area contributed by atoms with Crippen LogP contribution < -0.4 is 0 Å². The number of aromatic hydroxyl groups is 1. The van der Waals surface area contributed by atoms with E-state index in [2.05, 4.69) is 15.2 Å². The Bertz CT molecular complexity index is 994. The summed E-state index contributed by atoms with van der Waals surface area (Å²) in [7, 11) is 0. The molecular weight excluding hydrogens is 318 g/mol. The van der Waals surface area contributed by atoms with Crippen LogP contribution in [0, 0.1) is 20.2 Å². The van der Waals surface area contributed by atoms with Gasteiger partial charge >= 0.3 is 0 Å². The van der Waals surface area contributed by atoms with Gasteiger partial charge in [-0.3, -0.25) is 20.2 Å². The number of nitrogens with one attached hydrogen (secondary N) is 1. The molecule has 3 rings (SSSR count). The first-order valence-corrected chi connectivity index (χ1v) is 6.61. The number of hydrogen-bond donors (Lipinski definition) is 2. The molecule has 0 saturated heterocycles. The molecule has 10 heteroatoms. The van der Waals surface area contributed by atoms with Crippen LogP contribution in [0.5, 0.6) is 5.75 Å². The summed E-state index contributed by atoms with van der Waals surface area (Å²) < 4.78 is 0. The van der Waals surface area contributed by atoms with Crippen molar-refractivity contribution >= 4 is 33.8 Å². The number of aromatic amines is 1. The Morgan fingerprint density at radius 2 is 1.75 bits per heavy atom. The third kappa shape index (κ3) is 2.63. The molecule has 1 heterocycles. The Morgan fingerprint density at radius 3 is 2.46 bits per heavy atom. The van der Waals surface area contributed by atoms with E-state index in [-0.39, 0.29) is 34.0 Å². The van der Waals surface area contributed by atoms with Gasteiger partial charge in [0.05, 0.1) is 20.7 Å². The fourth-order valence-corrected chi connectivity index (χ4v) is 2.14. The van der Waals surface area contributed by atoms with E-state index < -0.39 is 9.85 Å². The molecule has 1 aromatic heterocycles. The van der Waals surface area contributed by atoms with Crippen LogP contribution in [-0.2, 0) is 0 Å². The van der Waals surface area contributed by atoms with E-state index in [9.17, 15) is 25.3 Å². The van der Waals surface area contributed by atoms with Crippen molar-refractivity contribution in [2.45, 2.75) is 0 Å². The minimum absolute atomic E-state index is 0.0199. The maximum Gasteiger partial charge on any atom is 0.296 e. The second-order valence-corrected chi connectivity index (χ2v) is 4.76. The molecule has 0 aliphatic carbocycles. The van der Waals surface area contributed by atoms with Crippen LogP contribution in [0.3, 0.4) is 0 Å². The summed E-state index contributed by atoms with van der Waals surface area (Å²) in [4.78, 5) is 23.3. The zero-order chi connectivity index (χ0) is 17.3. The molecule has 0 fully saturated rings. The zero-order valence-corrected chi connectivity index (χ0v) is 11.9. The highest BCUT2D eigenvalue weighted by atomic mass is 16.6. The summed E-state index contributed by atoms with van der Waals surface area (Å²) in [6.45, 7) is 0. The molecule has 0 saturated carbocycles. The Morgan fingerprint density at radius 1 is 1.00 bits per heavy atom. The van der Waals surface area contributed by atoms with Crippen LogP contribution in [0.1, 0.15) is 0 Å². The largest absolute Gasteiger partial charge is 0.504 e. The van der Waals surface area contributed by atoms with Gasteiger partial charge < -0.3 is 10.1 Å². The molecule has 2 N–H and O–H groups in total. The molecule has 10 nitrogen and oxygen atoms in total. The normalized spacial score (nSPS) is 11.2. The van der Waals surface area contributed by atoms with E-state index in [1.165, 1.54) is 36.4 Å². The number of nitro benzene ring substituents is 2. The monoisotopic (exact) mass is 327 g/mol. The number of aromatic nitrogens is 1. The van der Waals surface area contributed by atoms with Crippen LogP contribution in [0.4, 0.5) is 22.9 Å². The minimum atomic E-state index is -0.594. The lowest BCUT2D eigenvalue weighted by Gasteiger charge is -1.95. The van der Waals surface area contributed by atoms with Crippen molar-refractivity contribution < 1.29 is 15.0 Å². The number of hydrogen-bond acceptors (Lipinski definition) is 7. The Hall–Kier alpha value is -3.82. The Balaban J connectivity index is 2.03. The molecular formula is C14H9N5O5. The van der Waals surface area contributed by atoms with Gasteiger partial charge in [0.15, 0.2) is 17.3 Å². The van der Waals surface area contributed by atoms with Crippen LogP contribution in [-0.4, -0.2) is 19.9 Å². The van der Waals surface area contributed by atoms with Gasteiger partial charge in [-0.15, -0.1) is 10.2 Å². The second-order valence-electron chi connectivity index (χ2n) is 4.76. The van der Waals surface area contributed by atoms with Gasteiger partial charge in [-0.25, -0.2) is 0 Å². The summed E-state index contributed by atoms with van der Waals surface area (Å²) in [6.07, 6.45) is 0. The van der Waals surface area contributed by atoms with Gasteiger partial charge in [0.1, 0.15) is 0 Å². The average molecular weight is 327 g/mol. The second kappa shape index (κ2) is 5.76. The zero-order valence-electron chi connectivity index (χ0n) is 11.9. The van der Waals surface area contributed by atoms with Gasteiger partial charge in [0.25, 0.3) is 11.4 Å². The van der Waals surface area contributed by atoms with Crippen molar-refractivity contribution in [1.82, 2.24) is 4.98 Å². The standard InChI is InChI=1S/C14H9N5O5/c20-13-9-7-8(18(21)22)5-6-10(9)15-14(13)17-16-11-3-1-2-4-12(11)19(23)24/h1-7,15,20H. The number of nitrogens with zero attached hydrogens (tertiary/aromatic N) is 4. The Labute approximate surface area is 133 Å². The van der Waals surface area contributed by atoms with Crippen molar-refractivity contribution in [2.75, 3.05) is 0 Å². The van der Waals surface area contributed by atoms with E-state index in [4.69, 9.17) is 0 Å². The summed E-state index contributed by atoms with van der Waals surface area (Å²) in [6, 6.07) is 9.66. The van der Waals surface area contributed by atoms with Gasteiger partial charge in [-0.05, 0) is 12.1 Å². The van der Waals surface area contributed by atoms with E-state index in [0.717, 1.165) is 0 Å². The molecule has 0 unspecified atom stereocenters. The first-order chi connectivity index (χ1) is 11.5. The van der Waals surface area contributed by atoms with Gasteiger partial charge in [-0.1, -0.05) is 12.1 Å². The molecule has 0 amide bonds. The highest BCUT2D eigenvalue weighted by Crippen LogP contribution is 2.38. The van der Waals surface area contributed by atoms with Crippen molar-refractivity contribution in [3.8, 4) is 5.75 Å². The van der Waals surface area contributed by atoms with Crippen LogP contribution in [0.2, 0.25) is 0 Å². The first-order valence-electron chi connectivity index (χ1n) is 6.61. The van der Waals surface area contributed by atoms with E-state index in [1.807, 2.05) is 0 Å². The van der Waals surface area contributed by atoms with Gasteiger partial charge in [0.2, 0.25) is 0 Å². The molecule has 2 aromatic carbocycles. The van der Waals surface area contributed by atoms with Crippen molar-refractivity contribution in [2.24, 2.45) is 10.2 Å². The molecule has 24 heavy (non-hydrogen) atoms. The molecule has 3 aromatic rings. The van der Waals surface area contributed by atoms with Crippen LogP contribution >= 0.6 is 0 Å². The summed E-state index contributed by atoms with van der Waals surface area (Å²) in [5.41, 5.74) is 0.0348. The topological polar surface area (TPSA) is 147 Å². The molecule has 0 spiro atoms. The third-order valence-corrected chi connectivity index (χ3v) is 3.28. The molecule has 0 atom stereocenters. The predicted molar refractivity (Wildman–Crippen MR) is 83.9 cm³/mol. The van der Waals surface area contributed by atoms with Crippen LogP contribution in [0.15, 0.2) is 52.7 Å². The SMILES string of the molecule is O=[N+]([O-])c1ccc2[nH]c(N=Nc3ccccc3[N+](=O)[O-])c(O)c2c1. The molecule has 0 aliphatic rings. The van der Waals surface area contributed by atoms with Crippen molar-refractivity contribution in [3.63, 3.8) is 0 Å². The third-order valence-electron chi connectivity index (χ3n) is 3.28. The molecule has 0 bridgehead atoms. The maximum absolute atomic E-state index is 10.9. The number of para-hydroxylation sites is 1. The highest BCUT2D eigenvalue weighted by Gasteiger charge is 2.16. The number of non-ortho nitro benzene ring substituents is 1. The smallest absolute Gasteiger partial charge is 0.296 e. The lowest BCUT2D eigenvalue weighted by atomic mass is 10.2. The highest BCUT2D eigenvalue weighted by molar-refractivity contribution is 5.92. The van der Waals surface area contributed by atoms with E-state index in [0.29, 0.717) is 5.52 Å². The van der Waals surface area contributed by atoms with E-state index in [1.54, 1.807) is 6.07 Å². The lowest BCUT2D eigenvalue weighted by molar-refractivity contribution is -0.384. The van der Waals surface area contributed by atoms with E-state index >= 15 is 0 Å². The number of nitro groups is 2. The quantitative estimate of drug-likeness (QED) is 0.420. The van der Waals surface area contributed by atoms with Crippen molar-refractivity contribution in [1.29, 1.82) is 0 Å². The van der Waals surface area contributed by atoms with Gasteiger partial charge in [0, 0.05) is 18.2 Å². The molecule has 120 valence electrons. The summed E-state index contributed by atoms with van der Waals surface area (Å²) >= 11 is 0. The minimum Gasteiger partial charge on any atom is -0.504 e. The lowest BCUT2D eigenvalue weighted by Crippen LogP contribution is -1.86. The number of benzene rings is 2. The first kappa shape index (κ1) is 15.1. The number of fused-ring (bicyclic) bond motifs is 1. The molecule has 0 aliphatic heterocycles. The maximum atomic E-state index is 10.9. The number of H-pyrrole nitrogens is 1. The number of rotatable bonds is 4. The predicted octanol–water partition coefficient (Wildman–Crippen LogP) is 4.11. The van der Waals surface area contributed by atoms with Crippen LogP contribution in [0.25, 0.3) is 10.9 Å². The fourth-order valence-electron chi connectivity index (χ4n) is 2.14. The molecule has 0 radical (unpaired) electrons. The summed E-state index contributed by atoms with van der Waals surface area (Å²) in [5.74, 6) is -0.375.